The maximum absolute atomic E-state index is 13.5. The number of rotatable bonds is 3. The van der Waals surface area contributed by atoms with Gasteiger partial charge in [-0.25, -0.2) is 4.39 Å². The summed E-state index contributed by atoms with van der Waals surface area (Å²) in [6.45, 7) is 7.96. The first-order chi connectivity index (χ1) is 9.51. The van der Waals surface area contributed by atoms with E-state index in [1.54, 1.807) is 17.9 Å². The van der Waals surface area contributed by atoms with Crippen molar-refractivity contribution in [2.75, 3.05) is 38.2 Å². The fraction of sp³-hybridized carbons (Fsp3) is 0.400. The Morgan fingerprint density at radius 2 is 1.90 bits per heavy atom. The smallest absolute Gasteiger partial charge is 0.249 e. The zero-order valence-corrected chi connectivity index (χ0v) is 11.9. The lowest BCUT2D eigenvalue weighted by molar-refractivity contribution is -0.127. The number of carbonyl (C=O) groups is 1. The molecule has 1 aromatic rings. The Kier molecular flexibility index (Phi) is 4.27. The van der Waals surface area contributed by atoms with Gasteiger partial charge in [0.2, 0.25) is 5.91 Å². The normalized spacial score (nSPS) is 15.2. The van der Waals surface area contributed by atoms with E-state index in [1.807, 2.05) is 4.90 Å². The molecule has 0 radical (unpaired) electrons. The number of amides is 1. The van der Waals surface area contributed by atoms with Crippen LogP contribution in [0.3, 0.4) is 0 Å². The summed E-state index contributed by atoms with van der Waals surface area (Å²) in [4.78, 5) is 15.6. The van der Waals surface area contributed by atoms with Gasteiger partial charge in [0.1, 0.15) is 11.6 Å². The van der Waals surface area contributed by atoms with E-state index in [-0.39, 0.29) is 11.7 Å². The molecule has 0 aliphatic carbocycles. The van der Waals surface area contributed by atoms with Gasteiger partial charge >= 0.3 is 0 Å². The first kappa shape index (κ1) is 14.4. The van der Waals surface area contributed by atoms with Gasteiger partial charge in [0.15, 0.2) is 0 Å². The van der Waals surface area contributed by atoms with E-state index >= 15 is 0 Å². The minimum atomic E-state index is -0.320. The quantitative estimate of drug-likeness (QED) is 0.793. The summed E-state index contributed by atoms with van der Waals surface area (Å²) in [6.07, 6.45) is 0. The highest BCUT2D eigenvalue weighted by atomic mass is 19.1. The van der Waals surface area contributed by atoms with E-state index < -0.39 is 0 Å². The van der Waals surface area contributed by atoms with Crippen molar-refractivity contribution in [3.8, 4) is 5.75 Å². The highest BCUT2D eigenvalue weighted by Crippen LogP contribution is 2.24. The minimum absolute atomic E-state index is 0.0125. The lowest BCUT2D eigenvalue weighted by atomic mass is 10.2. The van der Waals surface area contributed by atoms with Crippen LogP contribution in [0.5, 0.6) is 5.75 Å². The summed E-state index contributed by atoms with van der Waals surface area (Å²) in [7, 11) is 1.52. The van der Waals surface area contributed by atoms with Crippen molar-refractivity contribution in [3.05, 3.63) is 36.2 Å². The predicted octanol–water partition coefficient (Wildman–Crippen LogP) is 2.06. The van der Waals surface area contributed by atoms with Crippen molar-refractivity contribution in [1.82, 2.24) is 4.90 Å². The van der Waals surface area contributed by atoms with Crippen LogP contribution in [-0.4, -0.2) is 44.1 Å². The largest absolute Gasteiger partial charge is 0.497 e. The second-order valence-electron chi connectivity index (χ2n) is 4.91. The number of nitrogens with zero attached hydrogens (tertiary/aromatic N) is 2. The number of methoxy groups -OCH3 is 1. The molecule has 0 aromatic heterocycles. The van der Waals surface area contributed by atoms with E-state index in [0.29, 0.717) is 37.5 Å². The third-order valence-corrected chi connectivity index (χ3v) is 3.39. The van der Waals surface area contributed by atoms with Gasteiger partial charge in [0, 0.05) is 49.6 Å². The summed E-state index contributed by atoms with van der Waals surface area (Å²) in [5.74, 6) is 0.168. The Labute approximate surface area is 118 Å². The Balaban J connectivity index is 2.05. The highest BCUT2D eigenvalue weighted by Gasteiger charge is 2.22. The number of anilines is 1. The van der Waals surface area contributed by atoms with E-state index in [9.17, 15) is 9.18 Å². The molecule has 4 nitrogen and oxygen atoms in total. The minimum Gasteiger partial charge on any atom is -0.497 e. The molecular weight excluding hydrogens is 259 g/mol. The molecule has 1 aliphatic heterocycles. The lowest BCUT2D eigenvalue weighted by Gasteiger charge is -2.36. The number of ether oxygens (including phenoxy) is 1. The van der Waals surface area contributed by atoms with Crippen LogP contribution in [0, 0.1) is 5.82 Å². The molecule has 0 atom stereocenters. The second-order valence-corrected chi connectivity index (χ2v) is 4.91. The maximum atomic E-state index is 13.5. The van der Waals surface area contributed by atoms with Crippen LogP contribution in [-0.2, 0) is 4.79 Å². The van der Waals surface area contributed by atoms with Crippen molar-refractivity contribution < 1.29 is 13.9 Å². The van der Waals surface area contributed by atoms with Crippen LogP contribution in [0.25, 0.3) is 0 Å². The highest BCUT2D eigenvalue weighted by molar-refractivity contribution is 5.92. The van der Waals surface area contributed by atoms with Gasteiger partial charge in [-0.1, -0.05) is 6.58 Å². The summed E-state index contributed by atoms with van der Waals surface area (Å²) >= 11 is 0. The van der Waals surface area contributed by atoms with Gasteiger partial charge in [0.05, 0.1) is 7.11 Å². The standard InChI is InChI=1S/C15H19FN2O2/c1-11(2)15(19)18-6-4-17(5-7-18)13-8-12(16)9-14(10-13)20-3/h8-10H,1,4-7H2,2-3H3. The molecule has 1 aliphatic rings. The number of benzene rings is 1. The van der Waals surface area contributed by atoms with Crippen molar-refractivity contribution >= 4 is 11.6 Å². The SMILES string of the molecule is C=C(C)C(=O)N1CCN(c2cc(F)cc(OC)c2)CC1. The average molecular weight is 278 g/mol. The molecule has 1 heterocycles. The first-order valence-corrected chi connectivity index (χ1v) is 6.55. The number of halogens is 1. The molecule has 1 fully saturated rings. The molecule has 2 rings (SSSR count). The van der Waals surface area contributed by atoms with Gasteiger partial charge in [-0.3, -0.25) is 4.79 Å². The third-order valence-electron chi connectivity index (χ3n) is 3.39. The van der Waals surface area contributed by atoms with Gasteiger partial charge in [-0.2, -0.15) is 0 Å². The lowest BCUT2D eigenvalue weighted by Crippen LogP contribution is -2.49. The molecule has 0 spiro atoms. The van der Waals surface area contributed by atoms with Crippen LogP contribution in [0.2, 0.25) is 0 Å². The molecule has 5 heteroatoms. The Hall–Kier alpha value is -2.04. The molecule has 20 heavy (non-hydrogen) atoms. The number of hydrogen-bond acceptors (Lipinski definition) is 3. The van der Waals surface area contributed by atoms with Crippen molar-refractivity contribution in [2.45, 2.75) is 6.92 Å². The molecule has 108 valence electrons. The van der Waals surface area contributed by atoms with E-state index in [1.165, 1.54) is 19.2 Å². The number of piperazine rings is 1. The fourth-order valence-electron chi connectivity index (χ4n) is 2.29. The predicted molar refractivity (Wildman–Crippen MR) is 76.6 cm³/mol. The molecule has 0 unspecified atom stereocenters. The monoisotopic (exact) mass is 278 g/mol. The molecule has 0 saturated carbocycles. The topological polar surface area (TPSA) is 32.8 Å². The van der Waals surface area contributed by atoms with E-state index in [0.717, 1.165) is 5.69 Å². The van der Waals surface area contributed by atoms with Crippen LogP contribution in [0.15, 0.2) is 30.4 Å². The van der Waals surface area contributed by atoms with E-state index in [4.69, 9.17) is 4.74 Å². The van der Waals surface area contributed by atoms with Crippen LogP contribution >= 0.6 is 0 Å². The summed E-state index contributed by atoms with van der Waals surface area (Å²) < 4.78 is 18.6. The number of carbonyl (C=O) groups excluding carboxylic acids is 1. The maximum Gasteiger partial charge on any atom is 0.249 e. The van der Waals surface area contributed by atoms with Crippen LogP contribution in [0.4, 0.5) is 10.1 Å². The van der Waals surface area contributed by atoms with Gasteiger partial charge < -0.3 is 14.5 Å². The summed E-state index contributed by atoms with van der Waals surface area (Å²) in [5, 5.41) is 0. The zero-order valence-electron chi connectivity index (χ0n) is 11.9. The molecule has 1 saturated heterocycles. The van der Waals surface area contributed by atoms with Crippen molar-refractivity contribution in [3.63, 3.8) is 0 Å². The molecule has 0 N–H and O–H groups in total. The fourth-order valence-corrected chi connectivity index (χ4v) is 2.29. The van der Waals surface area contributed by atoms with Crippen molar-refractivity contribution in [2.24, 2.45) is 0 Å². The zero-order chi connectivity index (χ0) is 14.7. The Bertz CT molecular complexity index is 523. The summed E-state index contributed by atoms with van der Waals surface area (Å²) in [6, 6.07) is 4.64. The third kappa shape index (κ3) is 3.10. The molecule has 1 aromatic carbocycles. The van der Waals surface area contributed by atoms with Gasteiger partial charge in [0.25, 0.3) is 0 Å². The second kappa shape index (κ2) is 5.94. The van der Waals surface area contributed by atoms with Crippen LogP contribution < -0.4 is 9.64 Å². The summed E-state index contributed by atoms with van der Waals surface area (Å²) in [5.41, 5.74) is 1.33. The first-order valence-electron chi connectivity index (χ1n) is 6.55. The van der Waals surface area contributed by atoms with Gasteiger partial charge in [-0.15, -0.1) is 0 Å². The number of hydrogen-bond donors (Lipinski definition) is 0. The van der Waals surface area contributed by atoms with Crippen LogP contribution in [0.1, 0.15) is 6.92 Å². The molecular formula is C15H19FN2O2. The molecule has 0 bridgehead atoms. The Morgan fingerprint density at radius 3 is 2.45 bits per heavy atom. The van der Waals surface area contributed by atoms with Crippen molar-refractivity contribution in [1.29, 1.82) is 0 Å². The Morgan fingerprint density at radius 1 is 1.25 bits per heavy atom. The molecule has 1 amide bonds. The average Bonchev–Trinajstić information content (AvgIpc) is 2.45. The van der Waals surface area contributed by atoms with Gasteiger partial charge in [-0.05, 0) is 13.0 Å². The van der Waals surface area contributed by atoms with E-state index in [2.05, 4.69) is 6.58 Å².